The monoisotopic (exact) mass is 186 g/mol. The van der Waals surface area contributed by atoms with Gasteiger partial charge in [-0.1, -0.05) is 0 Å². The van der Waals surface area contributed by atoms with Crippen molar-refractivity contribution in [1.82, 2.24) is 0 Å². The number of Topliss-reactive ketones (excluding diaryl/α,β-unsaturated/α-hetero) is 1. The highest BCUT2D eigenvalue weighted by atomic mass is 19.1. The van der Waals surface area contributed by atoms with Crippen molar-refractivity contribution < 1.29 is 18.3 Å². The molecule has 0 heterocycles. The van der Waals surface area contributed by atoms with Crippen LogP contribution in [-0.2, 0) is 0 Å². The Bertz CT molecular complexity index is 348. The van der Waals surface area contributed by atoms with Crippen molar-refractivity contribution in [2.45, 2.75) is 6.92 Å². The van der Waals surface area contributed by atoms with E-state index in [1.54, 1.807) is 0 Å². The van der Waals surface area contributed by atoms with E-state index in [4.69, 9.17) is 0 Å². The number of ether oxygens (including phenoxy) is 1. The highest BCUT2D eigenvalue weighted by Gasteiger charge is 2.17. The maximum absolute atomic E-state index is 13.0. The summed E-state index contributed by atoms with van der Waals surface area (Å²) in [5.41, 5.74) is -0.345. The standard InChI is InChI=1S/C9H8F2O2/c1-5(12)8-6(10)3-4-7(11)9(8)13-2/h3-4H,1-2H3. The molecule has 0 saturated heterocycles. The van der Waals surface area contributed by atoms with Crippen molar-refractivity contribution in [3.05, 3.63) is 29.3 Å². The van der Waals surface area contributed by atoms with Gasteiger partial charge in [0.05, 0.1) is 12.7 Å². The summed E-state index contributed by atoms with van der Waals surface area (Å²) < 4.78 is 30.5. The van der Waals surface area contributed by atoms with E-state index in [1.165, 1.54) is 7.11 Å². The normalized spacial score (nSPS) is 9.85. The lowest BCUT2D eigenvalue weighted by molar-refractivity contribution is 0.101. The van der Waals surface area contributed by atoms with Crippen molar-refractivity contribution in [3.63, 3.8) is 0 Å². The van der Waals surface area contributed by atoms with Gasteiger partial charge in [-0.05, 0) is 19.1 Å². The minimum absolute atomic E-state index is 0.340. The number of hydrogen-bond acceptors (Lipinski definition) is 2. The van der Waals surface area contributed by atoms with Crippen LogP contribution in [0.15, 0.2) is 12.1 Å². The Morgan fingerprint density at radius 1 is 1.31 bits per heavy atom. The molecule has 0 spiro atoms. The Morgan fingerprint density at radius 2 is 1.85 bits per heavy atom. The third-order valence-corrected chi connectivity index (χ3v) is 1.61. The zero-order chi connectivity index (χ0) is 10.0. The molecule has 0 bridgehead atoms. The van der Waals surface area contributed by atoms with Gasteiger partial charge in [0.2, 0.25) is 0 Å². The molecule has 1 rings (SSSR count). The van der Waals surface area contributed by atoms with Crippen LogP contribution < -0.4 is 4.74 Å². The van der Waals surface area contributed by atoms with Crippen LogP contribution in [0.2, 0.25) is 0 Å². The minimum Gasteiger partial charge on any atom is -0.493 e. The Labute approximate surface area is 74.1 Å². The largest absolute Gasteiger partial charge is 0.493 e. The smallest absolute Gasteiger partial charge is 0.168 e. The van der Waals surface area contributed by atoms with Crippen molar-refractivity contribution >= 4 is 5.78 Å². The number of benzene rings is 1. The summed E-state index contributed by atoms with van der Waals surface area (Å²) >= 11 is 0. The molecule has 0 saturated carbocycles. The third kappa shape index (κ3) is 1.66. The van der Waals surface area contributed by atoms with Gasteiger partial charge in [-0.25, -0.2) is 8.78 Å². The first-order chi connectivity index (χ1) is 6.07. The van der Waals surface area contributed by atoms with Gasteiger partial charge in [0.1, 0.15) is 5.82 Å². The fourth-order valence-corrected chi connectivity index (χ4v) is 1.06. The van der Waals surface area contributed by atoms with Crippen LogP contribution in [0.3, 0.4) is 0 Å². The molecule has 0 fully saturated rings. The average Bonchev–Trinajstić information content (AvgIpc) is 2.07. The molecule has 0 aliphatic rings. The van der Waals surface area contributed by atoms with Crippen molar-refractivity contribution in [3.8, 4) is 5.75 Å². The first kappa shape index (κ1) is 9.64. The molecule has 4 heteroatoms. The Balaban J connectivity index is 3.43. The fraction of sp³-hybridized carbons (Fsp3) is 0.222. The van der Waals surface area contributed by atoms with Crippen LogP contribution in [0, 0.1) is 11.6 Å². The van der Waals surface area contributed by atoms with E-state index in [9.17, 15) is 13.6 Å². The molecule has 0 unspecified atom stereocenters. The molecule has 0 aliphatic heterocycles. The molecule has 70 valence electrons. The zero-order valence-corrected chi connectivity index (χ0v) is 7.23. The molecule has 1 aromatic carbocycles. The van der Waals surface area contributed by atoms with Crippen LogP contribution in [0.4, 0.5) is 8.78 Å². The highest BCUT2D eigenvalue weighted by Crippen LogP contribution is 2.25. The molecule has 0 atom stereocenters. The molecule has 0 aliphatic carbocycles. The van der Waals surface area contributed by atoms with Gasteiger partial charge in [0.15, 0.2) is 17.3 Å². The number of methoxy groups -OCH3 is 1. The van der Waals surface area contributed by atoms with Crippen molar-refractivity contribution in [1.29, 1.82) is 0 Å². The van der Waals surface area contributed by atoms with Crippen molar-refractivity contribution in [2.75, 3.05) is 7.11 Å². The van der Waals surface area contributed by atoms with E-state index in [0.717, 1.165) is 19.1 Å². The quantitative estimate of drug-likeness (QED) is 0.661. The number of carbonyl (C=O) groups excluding carboxylic acids is 1. The van der Waals surface area contributed by atoms with Gasteiger partial charge in [-0.2, -0.15) is 0 Å². The van der Waals surface area contributed by atoms with E-state index < -0.39 is 17.4 Å². The zero-order valence-electron chi connectivity index (χ0n) is 7.23. The van der Waals surface area contributed by atoms with Gasteiger partial charge in [0.25, 0.3) is 0 Å². The molecule has 0 radical (unpaired) electrons. The van der Waals surface area contributed by atoms with Gasteiger partial charge in [0, 0.05) is 0 Å². The van der Waals surface area contributed by atoms with Gasteiger partial charge >= 0.3 is 0 Å². The summed E-state index contributed by atoms with van der Waals surface area (Å²) in [4.78, 5) is 10.9. The average molecular weight is 186 g/mol. The Kier molecular flexibility index (Phi) is 2.60. The second-order valence-corrected chi connectivity index (χ2v) is 2.49. The molecule has 0 aromatic heterocycles. The minimum atomic E-state index is -0.772. The van der Waals surface area contributed by atoms with E-state index in [2.05, 4.69) is 4.74 Å². The molecule has 1 aromatic rings. The third-order valence-electron chi connectivity index (χ3n) is 1.61. The summed E-state index contributed by atoms with van der Waals surface area (Å²) in [5, 5.41) is 0. The molecule has 0 amide bonds. The lowest BCUT2D eigenvalue weighted by Crippen LogP contribution is -2.03. The number of carbonyl (C=O) groups is 1. The van der Waals surface area contributed by atoms with E-state index >= 15 is 0 Å². The van der Waals surface area contributed by atoms with Gasteiger partial charge < -0.3 is 4.74 Å². The number of rotatable bonds is 2. The highest BCUT2D eigenvalue weighted by molar-refractivity contribution is 5.97. The van der Waals surface area contributed by atoms with Crippen LogP contribution in [0.1, 0.15) is 17.3 Å². The summed E-state index contributed by atoms with van der Waals surface area (Å²) in [6.45, 7) is 1.15. The topological polar surface area (TPSA) is 26.3 Å². The maximum Gasteiger partial charge on any atom is 0.168 e. The second kappa shape index (κ2) is 3.51. The lowest BCUT2D eigenvalue weighted by Gasteiger charge is -2.06. The number of halogens is 2. The molecular weight excluding hydrogens is 178 g/mol. The number of hydrogen-bond donors (Lipinski definition) is 0. The Hall–Kier alpha value is -1.45. The van der Waals surface area contributed by atoms with Crippen LogP contribution in [-0.4, -0.2) is 12.9 Å². The molecule has 0 N–H and O–H groups in total. The predicted octanol–water partition coefficient (Wildman–Crippen LogP) is 2.18. The SMILES string of the molecule is COc1c(F)ccc(F)c1C(C)=O. The van der Waals surface area contributed by atoms with Crippen molar-refractivity contribution in [2.24, 2.45) is 0 Å². The van der Waals surface area contributed by atoms with Crippen LogP contribution in [0.5, 0.6) is 5.75 Å². The molecule has 13 heavy (non-hydrogen) atoms. The molecular formula is C9H8F2O2. The van der Waals surface area contributed by atoms with Crippen LogP contribution >= 0.6 is 0 Å². The van der Waals surface area contributed by atoms with E-state index in [-0.39, 0.29) is 11.3 Å². The fourth-order valence-electron chi connectivity index (χ4n) is 1.06. The molecule has 2 nitrogen and oxygen atoms in total. The Morgan fingerprint density at radius 3 is 2.23 bits per heavy atom. The summed E-state index contributed by atoms with van der Waals surface area (Å²) in [6.07, 6.45) is 0. The predicted molar refractivity (Wildman–Crippen MR) is 42.9 cm³/mol. The van der Waals surface area contributed by atoms with E-state index in [0.29, 0.717) is 0 Å². The van der Waals surface area contributed by atoms with Gasteiger partial charge in [-0.3, -0.25) is 4.79 Å². The summed E-state index contributed by atoms with van der Waals surface area (Å²) in [6, 6.07) is 1.81. The first-order valence-corrected chi connectivity index (χ1v) is 3.61. The number of ketones is 1. The van der Waals surface area contributed by atoms with Gasteiger partial charge in [-0.15, -0.1) is 0 Å². The lowest BCUT2D eigenvalue weighted by atomic mass is 10.1. The van der Waals surface area contributed by atoms with Crippen LogP contribution in [0.25, 0.3) is 0 Å². The maximum atomic E-state index is 13.0. The summed E-state index contributed by atoms with van der Waals surface area (Å²) in [5.74, 6) is -2.42. The van der Waals surface area contributed by atoms with E-state index in [1.807, 2.05) is 0 Å². The second-order valence-electron chi connectivity index (χ2n) is 2.49. The first-order valence-electron chi connectivity index (χ1n) is 3.61. The summed E-state index contributed by atoms with van der Waals surface area (Å²) in [7, 11) is 1.18.